The number of hydrogen-bond donors (Lipinski definition) is 2. The van der Waals surface area contributed by atoms with E-state index in [9.17, 15) is 4.21 Å². The molecule has 0 aliphatic carbocycles. The summed E-state index contributed by atoms with van der Waals surface area (Å²) in [6, 6.07) is 0.0113. The smallest absolute Gasteiger partial charge is 0.231 e. The van der Waals surface area contributed by atoms with Crippen LogP contribution in [0.4, 0.5) is 17.8 Å². The summed E-state index contributed by atoms with van der Waals surface area (Å²) < 4.78 is 11.2. The predicted molar refractivity (Wildman–Crippen MR) is 79.8 cm³/mol. The van der Waals surface area contributed by atoms with Crippen molar-refractivity contribution in [3.8, 4) is 0 Å². The van der Waals surface area contributed by atoms with Crippen LogP contribution in [-0.4, -0.2) is 50.3 Å². The van der Waals surface area contributed by atoms with Crippen molar-refractivity contribution in [2.45, 2.75) is 26.8 Å². The van der Waals surface area contributed by atoms with Gasteiger partial charge in [-0.1, -0.05) is 0 Å². The molecular weight excluding hydrogens is 264 g/mol. The topological polar surface area (TPSA) is 97.0 Å². The maximum Gasteiger partial charge on any atom is 0.231 e. The van der Waals surface area contributed by atoms with Gasteiger partial charge in [-0.3, -0.25) is 4.21 Å². The molecule has 0 saturated carbocycles. The number of nitrogen functional groups attached to an aromatic ring is 1. The van der Waals surface area contributed by atoms with Crippen LogP contribution in [0.5, 0.6) is 0 Å². The van der Waals surface area contributed by atoms with Crippen LogP contribution in [0.3, 0.4) is 0 Å². The first kappa shape index (κ1) is 15.6. The summed E-state index contributed by atoms with van der Waals surface area (Å²) in [7, 11) is -0.867. The second kappa shape index (κ2) is 7.22. The number of anilines is 3. The van der Waals surface area contributed by atoms with Crippen LogP contribution in [0.25, 0.3) is 0 Å². The van der Waals surface area contributed by atoms with Gasteiger partial charge in [0.05, 0.1) is 0 Å². The van der Waals surface area contributed by atoms with Gasteiger partial charge >= 0.3 is 0 Å². The molecule has 0 aliphatic rings. The molecule has 0 amide bonds. The lowest BCUT2D eigenvalue weighted by Gasteiger charge is -2.20. The molecule has 7 nitrogen and oxygen atoms in total. The Bertz CT molecular complexity index is 437. The van der Waals surface area contributed by atoms with Gasteiger partial charge in [0.1, 0.15) is 0 Å². The van der Waals surface area contributed by atoms with Crippen LogP contribution in [0.2, 0.25) is 0 Å². The first-order valence-corrected chi connectivity index (χ1v) is 8.02. The minimum absolute atomic E-state index is 0.0113. The molecule has 0 bridgehead atoms. The highest BCUT2D eigenvalue weighted by atomic mass is 32.2. The molecule has 1 aromatic rings. The number of hydrogen-bond acceptors (Lipinski definition) is 7. The maximum atomic E-state index is 11.2. The normalized spacial score (nSPS) is 13.9. The Morgan fingerprint density at radius 3 is 2.47 bits per heavy atom. The second-order valence-electron chi connectivity index (χ2n) is 4.27. The molecule has 0 aromatic carbocycles. The van der Waals surface area contributed by atoms with Gasteiger partial charge in [-0.15, -0.1) is 0 Å². The van der Waals surface area contributed by atoms with Gasteiger partial charge in [0, 0.05) is 41.9 Å². The number of nitrogens with one attached hydrogen (secondary N) is 1. The standard InChI is InChI=1S/C11H22N6OS/c1-5-17(6-2)11-15-9(12)14-10(16-11)13-8(3)7-19(4)18/h8H,5-7H2,1-4H3,(H3,12,13,14,15,16). The van der Waals surface area contributed by atoms with Crippen molar-refractivity contribution in [1.29, 1.82) is 0 Å². The highest BCUT2D eigenvalue weighted by Crippen LogP contribution is 2.12. The van der Waals surface area contributed by atoms with Crippen LogP contribution in [0, 0.1) is 0 Å². The van der Waals surface area contributed by atoms with Crippen molar-refractivity contribution < 1.29 is 4.21 Å². The minimum Gasteiger partial charge on any atom is -0.368 e. The van der Waals surface area contributed by atoms with Crippen LogP contribution in [0.15, 0.2) is 0 Å². The molecule has 0 radical (unpaired) electrons. The second-order valence-corrected chi connectivity index (χ2v) is 5.75. The summed E-state index contributed by atoms with van der Waals surface area (Å²) in [6.07, 6.45) is 1.67. The quantitative estimate of drug-likeness (QED) is 0.752. The van der Waals surface area contributed by atoms with Gasteiger partial charge in [0.15, 0.2) is 0 Å². The average molecular weight is 286 g/mol. The Hall–Kier alpha value is -1.44. The lowest BCUT2D eigenvalue weighted by Crippen LogP contribution is -2.27. The molecule has 19 heavy (non-hydrogen) atoms. The Balaban J connectivity index is 2.87. The van der Waals surface area contributed by atoms with E-state index >= 15 is 0 Å². The van der Waals surface area contributed by atoms with Gasteiger partial charge in [-0.25, -0.2) is 0 Å². The number of rotatable bonds is 7. The molecule has 8 heteroatoms. The first-order valence-electron chi connectivity index (χ1n) is 6.29. The molecule has 0 spiro atoms. The van der Waals surface area contributed by atoms with E-state index in [1.165, 1.54) is 0 Å². The minimum atomic E-state index is -0.867. The van der Waals surface area contributed by atoms with E-state index in [-0.39, 0.29) is 12.0 Å². The summed E-state index contributed by atoms with van der Waals surface area (Å²) in [4.78, 5) is 14.5. The third-order valence-electron chi connectivity index (χ3n) is 2.55. The zero-order valence-electron chi connectivity index (χ0n) is 11.9. The zero-order valence-corrected chi connectivity index (χ0v) is 12.7. The van der Waals surface area contributed by atoms with Crippen molar-refractivity contribution >= 4 is 28.6 Å². The fourth-order valence-corrected chi connectivity index (χ4v) is 2.49. The van der Waals surface area contributed by atoms with Crippen molar-refractivity contribution in [3.63, 3.8) is 0 Å². The largest absolute Gasteiger partial charge is 0.368 e. The van der Waals surface area contributed by atoms with E-state index in [0.717, 1.165) is 13.1 Å². The van der Waals surface area contributed by atoms with Crippen molar-refractivity contribution in [1.82, 2.24) is 15.0 Å². The molecule has 2 unspecified atom stereocenters. The van der Waals surface area contributed by atoms with Crippen LogP contribution in [0.1, 0.15) is 20.8 Å². The van der Waals surface area contributed by atoms with Gasteiger partial charge in [-0.05, 0) is 20.8 Å². The van der Waals surface area contributed by atoms with E-state index in [4.69, 9.17) is 5.73 Å². The average Bonchev–Trinajstić information content (AvgIpc) is 2.28. The molecule has 3 N–H and O–H groups in total. The van der Waals surface area contributed by atoms with E-state index in [0.29, 0.717) is 17.6 Å². The van der Waals surface area contributed by atoms with Crippen molar-refractivity contribution in [2.75, 3.05) is 41.0 Å². The Morgan fingerprint density at radius 2 is 1.95 bits per heavy atom. The van der Waals surface area contributed by atoms with Crippen LogP contribution < -0.4 is 16.0 Å². The molecule has 0 saturated heterocycles. The van der Waals surface area contributed by atoms with E-state index < -0.39 is 10.8 Å². The fourth-order valence-electron chi connectivity index (χ4n) is 1.71. The summed E-state index contributed by atoms with van der Waals surface area (Å²) in [6.45, 7) is 7.58. The highest BCUT2D eigenvalue weighted by Gasteiger charge is 2.12. The summed E-state index contributed by atoms with van der Waals surface area (Å²) in [5.74, 6) is 1.70. The molecule has 0 fully saturated rings. The number of nitrogens with zero attached hydrogens (tertiary/aromatic N) is 4. The molecule has 1 rings (SSSR count). The van der Waals surface area contributed by atoms with Crippen LogP contribution >= 0.6 is 0 Å². The van der Waals surface area contributed by atoms with Gasteiger partial charge < -0.3 is 16.0 Å². The first-order chi connectivity index (χ1) is 8.96. The predicted octanol–water partition coefficient (Wildman–Crippen LogP) is 0.479. The number of nitrogens with two attached hydrogens (primary N) is 1. The highest BCUT2D eigenvalue weighted by molar-refractivity contribution is 7.84. The summed E-state index contributed by atoms with van der Waals surface area (Å²) in [5.41, 5.74) is 5.69. The Kier molecular flexibility index (Phi) is 5.94. The van der Waals surface area contributed by atoms with E-state index in [1.54, 1.807) is 6.26 Å². The van der Waals surface area contributed by atoms with Crippen molar-refractivity contribution in [3.05, 3.63) is 0 Å². The lowest BCUT2D eigenvalue weighted by atomic mass is 10.4. The molecule has 0 aliphatic heterocycles. The molecule has 108 valence electrons. The fraction of sp³-hybridized carbons (Fsp3) is 0.727. The van der Waals surface area contributed by atoms with Gasteiger partial charge in [0.25, 0.3) is 0 Å². The summed E-state index contributed by atoms with van der Waals surface area (Å²) in [5, 5.41) is 3.10. The van der Waals surface area contributed by atoms with Gasteiger partial charge in [-0.2, -0.15) is 15.0 Å². The maximum absolute atomic E-state index is 11.2. The monoisotopic (exact) mass is 286 g/mol. The number of aromatic nitrogens is 3. The SMILES string of the molecule is CCN(CC)c1nc(N)nc(NC(C)CS(C)=O)n1. The lowest BCUT2D eigenvalue weighted by molar-refractivity contribution is 0.682. The zero-order chi connectivity index (χ0) is 14.4. The van der Waals surface area contributed by atoms with Crippen LogP contribution in [-0.2, 0) is 10.8 Å². The van der Waals surface area contributed by atoms with E-state index in [1.807, 2.05) is 25.7 Å². The van der Waals surface area contributed by atoms with Crippen molar-refractivity contribution in [2.24, 2.45) is 0 Å². The third-order valence-corrected chi connectivity index (χ3v) is 3.52. The van der Waals surface area contributed by atoms with Gasteiger partial charge in [0.2, 0.25) is 17.8 Å². The third kappa shape index (κ3) is 4.98. The molecular formula is C11H22N6OS. The summed E-state index contributed by atoms with van der Waals surface area (Å²) >= 11 is 0. The Labute approximate surface area is 116 Å². The molecule has 1 aromatic heterocycles. The molecule has 1 heterocycles. The molecule has 2 atom stereocenters. The Morgan fingerprint density at radius 1 is 1.32 bits per heavy atom. The van der Waals surface area contributed by atoms with E-state index in [2.05, 4.69) is 20.3 Å².